The summed E-state index contributed by atoms with van der Waals surface area (Å²) in [5.74, 6) is -0.111. The Hall–Kier alpha value is -2.14. The number of nitrogens with zero attached hydrogens (tertiary/aromatic N) is 1. The molecule has 2 aromatic carbocycles. The van der Waals surface area contributed by atoms with Crippen LogP contribution in [0.5, 0.6) is 0 Å². The van der Waals surface area contributed by atoms with Crippen LogP contribution in [-0.4, -0.2) is 29.5 Å². The van der Waals surface area contributed by atoms with Crippen molar-refractivity contribution in [1.29, 1.82) is 0 Å². The summed E-state index contributed by atoms with van der Waals surface area (Å²) in [5.41, 5.74) is 2.94. The minimum absolute atomic E-state index is 0.111. The molecule has 1 aliphatic rings. The van der Waals surface area contributed by atoms with Crippen molar-refractivity contribution in [2.75, 3.05) is 24.2 Å². The van der Waals surface area contributed by atoms with Crippen molar-refractivity contribution in [1.82, 2.24) is 5.32 Å². The minimum Gasteiger partial charge on any atom is -0.371 e. The molecular formula is C19H22N2O2S. The van der Waals surface area contributed by atoms with Crippen molar-refractivity contribution in [3.63, 3.8) is 0 Å². The number of hydrogen-bond acceptors (Lipinski definition) is 3. The fraction of sp³-hybridized carbons (Fsp3) is 0.316. The Kier molecular flexibility index (Phi) is 5.30. The number of amides is 1. The van der Waals surface area contributed by atoms with Crippen LogP contribution in [-0.2, 0) is 17.3 Å². The summed E-state index contributed by atoms with van der Waals surface area (Å²) in [7, 11) is -1.03. The van der Waals surface area contributed by atoms with Gasteiger partial charge in [-0.05, 0) is 48.7 Å². The maximum atomic E-state index is 12.3. The van der Waals surface area contributed by atoms with E-state index in [0.29, 0.717) is 12.1 Å². The Morgan fingerprint density at radius 1 is 1.08 bits per heavy atom. The highest BCUT2D eigenvalue weighted by Gasteiger charge is 2.15. The molecule has 0 saturated carbocycles. The fourth-order valence-electron chi connectivity index (χ4n) is 3.00. The molecule has 4 nitrogen and oxygen atoms in total. The van der Waals surface area contributed by atoms with Crippen molar-refractivity contribution in [2.45, 2.75) is 24.3 Å². The molecule has 0 unspecified atom stereocenters. The lowest BCUT2D eigenvalue weighted by molar-refractivity contribution is 0.0951. The summed E-state index contributed by atoms with van der Waals surface area (Å²) in [4.78, 5) is 15.4. The zero-order valence-electron chi connectivity index (χ0n) is 13.8. The van der Waals surface area contributed by atoms with E-state index in [1.54, 1.807) is 30.5 Å². The van der Waals surface area contributed by atoms with Gasteiger partial charge in [-0.1, -0.05) is 18.2 Å². The normalized spacial score (nSPS) is 15.3. The number of carbonyl (C=O) groups is 1. The molecule has 24 heavy (non-hydrogen) atoms. The number of rotatable bonds is 5. The molecule has 1 amide bonds. The fourth-order valence-corrected chi connectivity index (χ4v) is 3.52. The van der Waals surface area contributed by atoms with Gasteiger partial charge in [-0.25, -0.2) is 0 Å². The Bertz CT molecular complexity index is 737. The maximum absolute atomic E-state index is 12.3. The summed E-state index contributed by atoms with van der Waals surface area (Å²) < 4.78 is 11.4. The summed E-state index contributed by atoms with van der Waals surface area (Å²) in [6, 6.07) is 15.2. The minimum atomic E-state index is -1.03. The lowest BCUT2D eigenvalue weighted by Gasteiger charge is -2.21. The molecule has 1 fully saturated rings. The lowest BCUT2D eigenvalue weighted by atomic mass is 10.1. The topological polar surface area (TPSA) is 49.4 Å². The van der Waals surface area contributed by atoms with Crippen molar-refractivity contribution in [3.05, 3.63) is 59.7 Å². The third kappa shape index (κ3) is 3.85. The SMILES string of the molecule is C[S@@](=O)c1ccc(C(=O)NCc2ccccc2N2CCCC2)cc1. The van der Waals surface area contributed by atoms with E-state index < -0.39 is 10.8 Å². The van der Waals surface area contributed by atoms with Gasteiger partial charge in [-0.3, -0.25) is 9.00 Å². The molecule has 0 aliphatic carbocycles. The Labute approximate surface area is 145 Å². The summed E-state index contributed by atoms with van der Waals surface area (Å²) in [6.45, 7) is 2.67. The van der Waals surface area contributed by atoms with Crippen LogP contribution >= 0.6 is 0 Å². The molecule has 1 atom stereocenters. The molecule has 0 bridgehead atoms. The molecule has 5 heteroatoms. The van der Waals surface area contributed by atoms with Gasteiger partial charge in [0.05, 0.1) is 0 Å². The van der Waals surface area contributed by atoms with Crippen LogP contribution in [0.4, 0.5) is 5.69 Å². The van der Waals surface area contributed by atoms with Gasteiger partial charge in [-0.15, -0.1) is 0 Å². The Balaban J connectivity index is 1.67. The molecule has 3 rings (SSSR count). The van der Waals surface area contributed by atoms with E-state index in [9.17, 15) is 9.00 Å². The average molecular weight is 342 g/mol. The molecule has 1 aliphatic heterocycles. The number of para-hydroxylation sites is 1. The standard InChI is InChI=1S/C19H22N2O2S/c1-24(23)17-10-8-15(9-11-17)19(22)20-14-16-6-2-3-7-18(16)21-12-4-5-13-21/h2-3,6-11H,4-5,12-14H2,1H3,(H,20,22)/t24-/m1/s1. The highest BCUT2D eigenvalue weighted by molar-refractivity contribution is 7.84. The first kappa shape index (κ1) is 16.7. The molecular weight excluding hydrogens is 320 g/mol. The maximum Gasteiger partial charge on any atom is 0.251 e. The zero-order valence-corrected chi connectivity index (χ0v) is 14.6. The molecule has 126 valence electrons. The molecule has 1 N–H and O–H groups in total. The van der Waals surface area contributed by atoms with Crippen molar-refractivity contribution >= 4 is 22.4 Å². The Morgan fingerprint density at radius 2 is 1.75 bits per heavy atom. The van der Waals surface area contributed by atoms with Gasteiger partial charge in [0.25, 0.3) is 5.91 Å². The first-order valence-corrected chi connectivity index (χ1v) is 9.75. The number of hydrogen-bond donors (Lipinski definition) is 1. The third-order valence-electron chi connectivity index (χ3n) is 4.33. The van der Waals surface area contributed by atoms with Crippen LogP contribution in [0.3, 0.4) is 0 Å². The second kappa shape index (κ2) is 7.62. The van der Waals surface area contributed by atoms with Gasteiger partial charge in [0.2, 0.25) is 0 Å². The predicted octanol–water partition coefficient (Wildman–Crippen LogP) is 2.95. The van der Waals surface area contributed by atoms with E-state index in [1.165, 1.54) is 18.5 Å². The Morgan fingerprint density at radius 3 is 2.42 bits per heavy atom. The predicted molar refractivity (Wildman–Crippen MR) is 97.8 cm³/mol. The van der Waals surface area contributed by atoms with Crippen LogP contribution in [0.2, 0.25) is 0 Å². The van der Waals surface area contributed by atoms with E-state index in [4.69, 9.17) is 0 Å². The van der Waals surface area contributed by atoms with Gasteiger partial charge < -0.3 is 10.2 Å². The van der Waals surface area contributed by atoms with E-state index in [-0.39, 0.29) is 5.91 Å². The van der Waals surface area contributed by atoms with Crippen LogP contribution in [0.1, 0.15) is 28.8 Å². The van der Waals surface area contributed by atoms with Gasteiger partial charge in [-0.2, -0.15) is 0 Å². The number of anilines is 1. The highest BCUT2D eigenvalue weighted by atomic mass is 32.2. The molecule has 0 radical (unpaired) electrons. The van der Waals surface area contributed by atoms with E-state index in [1.807, 2.05) is 12.1 Å². The van der Waals surface area contributed by atoms with Crippen molar-refractivity contribution in [2.24, 2.45) is 0 Å². The molecule has 2 aromatic rings. The average Bonchev–Trinajstić information content (AvgIpc) is 3.14. The summed E-state index contributed by atoms with van der Waals surface area (Å²) >= 11 is 0. The molecule has 1 saturated heterocycles. The summed E-state index contributed by atoms with van der Waals surface area (Å²) in [5, 5.41) is 2.99. The van der Waals surface area contributed by atoms with E-state index in [0.717, 1.165) is 23.5 Å². The highest BCUT2D eigenvalue weighted by Crippen LogP contribution is 2.24. The van der Waals surface area contributed by atoms with Gasteiger partial charge in [0, 0.05) is 52.8 Å². The molecule has 0 spiro atoms. The van der Waals surface area contributed by atoms with Crippen LogP contribution in [0.25, 0.3) is 0 Å². The summed E-state index contributed by atoms with van der Waals surface area (Å²) in [6.07, 6.45) is 4.09. The smallest absolute Gasteiger partial charge is 0.251 e. The van der Waals surface area contributed by atoms with E-state index >= 15 is 0 Å². The van der Waals surface area contributed by atoms with Gasteiger partial charge >= 0.3 is 0 Å². The second-order valence-electron chi connectivity index (χ2n) is 5.98. The quantitative estimate of drug-likeness (QED) is 0.909. The first-order valence-electron chi connectivity index (χ1n) is 8.20. The monoisotopic (exact) mass is 342 g/mol. The van der Waals surface area contributed by atoms with Crippen molar-refractivity contribution < 1.29 is 9.00 Å². The third-order valence-corrected chi connectivity index (χ3v) is 5.26. The second-order valence-corrected chi connectivity index (χ2v) is 7.36. The van der Waals surface area contributed by atoms with Crippen LogP contribution in [0.15, 0.2) is 53.4 Å². The lowest BCUT2D eigenvalue weighted by Crippen LogP contribution is -2.25. The van der Waals surface area contributed by atoms with Crippen molar-refractivity contribution in [3.8, 4) is 0 Å². The molecule has 0 aromatic heterocycles. The van der Waals surface area contributed by atoms with Crippen LogP contribution in [0, 0.1) is 0 Å². The number of nitrogens with one attached hydrogen (secondary N) is 1. The van der Waals surface area contributed by atoms with Gasteiger partial charge in [0.1, 0.15) is 0 Å². The van der Waals surface area contributed by atoms with Crippen LogP contribution < -0.4 is 10.2 Å². The zero-order chi connectivity index (χ0) is 16.9. The van der Waals surface area contributed by atoms with Gasteiger partial charge in [0.15, 0.2) is 0 Å². The largest absolute Gasteiger partial charge is 0.371 e. The number of carbonyl (C=O) groups excluding carboxylic acids is 1. The number of benzene rings is 2. The van der Waals surface area contributed by atoms with E-state index in [2.05, 4.69) is 22.3 Å². The first-order chi connectivity index (χ1) is 11.6. The molecule has 1 heterocycles.